The second-order valence-electron chi connectivity index (χ2n) is 7.66. The number of aliphatic imine (C=N–C) groups is 1. The fraction of sp³-hybridized carbons (Fsp3) is 0.458. The summed E-state index contributed by atoms with van der Waals surface area (Å²) in [6.45, 7) is 6.32. The molecule has 32 heavy (non-hydrogen) atoms. The molecule has 3 rings (SSSR count). The number of methoxy groups -OCH3 is 2. The van der Waals surface area contributed by atoms with E-state index in [9.17, 15) is 8.42 Å². The second kappa shape index (κ2) is 10.8. The molecule has 0 aromatic heterocycles. The minimum atomic E-state index is -3.63. The molecule has 1 aliphatic rings. The van der Waals surface area contributed by atoms with Gasteiger partial charge in [-0.05, 0) is 61.2 Å². The average molecular weight is 460 g/mol. The molecule has 0 N–H and O–H groups in total. The summed E-state index contributed by atoms with van der Waals surface area (Å²) in [7, 11) is -0.449. The Labute approximate surface area is 191 Å². The van der Waals surface area contributed by atoms with Crippen molar-refractivity contribution in [3.05, 3.63) is 42.0 Å². The molecule has 0 saturated carbocycles. The Morgan fingerprint density at radius 2 is 1.66 bits per heavy atom. The standard InChI is InChI=1S/C24H33N3O4S/c1-5-27(6-2)32(28,29)24-17-20(11-12-21(24)26-14-8-7-9-15-26)25-18-19-10-13-22(30-3)23(16-19)31-4/h10-13,16-18H,5-9,14-15H2,1-4H3. The lowest BCUT2D eigenvalue weighted by Gasteiger charge is -2.31. The first kappa shape index (κ1) is 24.1. The largest absolute Gasteiger partial charge is 0.493 e. The van der Waals surface area contributed by atoms with Crippen molar-refractivity contribution in [1.29, 1.82) is 0 Å². The maximum Gasteiger partial charge on any atom is 0.245 e. The van der Waals surface area contributed by atoms with E-state index in [-0.39, 0.29) is 0 Å². The highest BCUT2D eigenvalue weighted by atomic mass is 32.2. The van der Waals surface area contributed by atoms with Crippen molar-refractivity contribution in [2.45, 2.75) is 38.0 Å². The van der Waals surface area contributed by atoms with Gasteiger partial charge in [-0.3, -0.25) is 4.99 Å². The monoisotopic (exact) mass is 459 g/mol. The van der Waals surface area contributed by atoms with E-state index in [0.717, 1.165) is 37.2 Å². The Hall–Kier alpha value is -2.58. The summed E-state index contributed by atoms with van der Waals surface area (Å²) in [5, 5.41) is 0. The van der Waals surface area contributed by atoms with Crippen LogP contribution in [0.15, 0.2) is 46.3 Å². The van der Waals surface area contributed by atoms with E-state index < -0.39 is 10.0 Å². The third-order valence-electron chi connectivity index (χ3n) is 5.73. The lowest BCUT2D eigenvalue weighted by Crippen LogP contribution is -2.34. The predicted octanol–water partition coefficient (Wildman–Crippen LogP) is 4.48. The maximum absolute atomic E-state index is 13.5. The molecule has 0 bridgehead atoms. The lowest BCUT2D eigenvalue weighted by atomic mass is 10.1. The van der Waals surface area contributed by atoms with Crippen molar-refractivity contribution < 1.29 is 17.9 Å². The third-order valence-corrected chi connectivity index (χ3v) is 7.81. The molecule has 0 amide bonds. The van der Waals surface area contributed by atoms with Crippen molar-refractivity contribution in [1.82, 2.24) is 4.31 Å². The van der Waals surface area contributed by atoms with Gasteiger partial charge in [-0.25, -0.2) is 8.42 Å². The summed E-state index contributed by atoms with van der Waals surface area (Å²) in [4.78, 5) is 7.06. The Balaban J connectivity index is 2.00. The van der Waals surface area contributed by atoms with Crippen LogP contribution in [0.1, 0.15) is 38.7 Å². The zero-order chi connectivity index (χ0) is 23.1. The van der Waals surface area contributed by atoms with Gasteiger partial charge in [0.25, 0.3) is 0 Å². The number of anilines is 1. The number of rotatable bonds is 9. The highest BCUT2D eigenvalue weighted by molar-refractivity contribution is 7.89. The molecule has 174 valence electrons. The first-order chi connectivity index (χ1) is 15.4. The number of sulfonamides is 1. The van der Waals surface area contributed by atoms with Crippen LogP contribution in [0.5, 0.6) is 11.5 Å². The fourth-order valence-electron chi connectivity index (χ4n) is 3.97. The van der Waals surface area contributed by atoms with Gasteiger partial charge in [0.2, 0.25) is 10.0 Å². The Morgan fingerprint density at radius 3 is 2.28 bits per heavy atom. The van der Waals surface area contributed by atoms with Crippen molar-refractivity contribution >= 4 is 27.6 Å². The van der Waals surface area contributed by atoms with Gasteiger partial charge in [-0.15, -0.1) is 0 Å². The number of hydrogen-bond donors (Lipinski definition) is 0. The molecule has 1 saturated heterocycles. The fourth-order valence-corrected chi connectivity index (χ4v) is 5.66. The van der Waals surface area contributed by atoms with Crippen LogP contribution in [0.25, 0.3) is 0 Å². The first-order valence-electron chi connectivity index (χ1n) is 11.1. The van der Waals surface area contributed by atoms with Gasteiger partial charge in [-0.1, -0.05) is 13.8 Å². The first-order valence-corrected chi connectivity index (χ1v) is 12.5. The van der Waals surface area contributed by atoms with Gasteiger partial charge in [0.05, 0.1) is 25.6 Å². The molecule has 0 aliphatic carbocycles. The zero-order valence-corrected chi connectivity index (χ0v) is 20.2. The molecule has 0 spiro atoms. The molecule has 2 aromatic carbocycles. The van der Waals surface area contributed by atoms with Crippen molar-refractivity contribution in [3.8, 4) is 11.5 Å². The highest BCUT2D eigenvalue weighted by Gasteiger charge is 2.28. The predicted molar refractivity (Wildman–Crippen MR) is 129 cm³/mol. The number of ether oxygens (including phenoxy) is 2. The molecular weight excluding hydrogens is 426 g/mol. The number of nitrogens with zero attached hydrogens (tertiary/aromatic N) is 3. The number of benzene rings is 2. The van der Waals surface area contributed by atoms with Crippen LogP contribution in [0, 0.1) is 0 Å². The number of piperidine rings is 1. The van der Waals surface area contributed by atoms with Gasteiger partial charge in [0, 0.05) is 32.4 Å². The van der Waals surface area contributed by atoms with E-state index in [4.69, 9.17) is 9.47 Å². The van der Waals surface area contributed by atoms with E-state index in [1.54, 1.807) is 26.5 Å². The van der Waals surface area contributed by atoms with Crippen LogP contribution in [-0.4, -0.2) is 59.3 Å². The van der Waals surface area contributed by atoms with Gasteiger partial charge < -0.3 is 14.4 Å². The molecule has 1 fully saturated rings. The quantitative estimate of drug-likeness (QED) is 0.517. The van der Waals surface area contributed by atoms with Crippen LogP contribution in [0.4, 0.5) is 11.4 Å². The average Bonchev–Trinajstić information content (AvgIpc) is 2.83. The van der Waals surface area contributed by atoms with E-state index >= 15 is 0 Å². The summed E-state index contributed by atoms with van der Waals surface area (Å²) in [6, 6.07) is 11.0. The molecule has 1 heterocycles. The van der Waals surface area contributed by atoms with Crippen LogP contribution < -0.4 is 14.4 Å². The van der Waals surface area contributed by atoms with Crippen LogP contribution in [0.2, 0.25) is 0 Å². The van der Waals surface area contributed by atoms with Crippen LogP contribution >= 0.6 is 0 Å². The smallest absolute Gasteiger partial charge is 0.245 e. The summed E-state index contributed by atoms with van der Waals surface area (Å²) in [6.07, 6.45) is 5.03. The van der Waals surface area contributed by atoms with E-state index in [0.29, 0.717) is 35.2 Å². The van der Waals surface area contributed by atoms with Gasteiger partial charge in [0.15, 0.2) is 11.5 Å². The molecule has 0 radical (unpaired) electrons. The topological polar surface area (TPSA) is 71.4 Å². The van der Waals surface area contributed by atoms with Crippen LogP contribution in [0.3, 0.4) is 0 Å². The Morgan fingerprint density at radius 1 is 0.969 bits per heavy atom. The summed E-state index contributed by atoms with van der Waals surface area (Å²) < 4.78 is 39.0. The maximum atomic E-state index is 13.5. The molecule has 8 heteroatoms. The van der Waals surface area contributed by atoms with Gasteiger partial charge >= 0.3 is 0 Å². The molecule has 7 nitrogen and oxygen atoms in total. The van der Waals surface area contributed by atoms with E-state index in [1.807, 2.05) is 44.2 Å². The summed E-state index contributed by atoms with van der Waals surface area (Å²) in [5.41, 5.74) is 2.18. The van der Waals surface area contributed by atoms with Crippen LogP contribution in [-0.2, 0) is 10.0 Å². The SMILES string of the molecule is CCN(CC)S(=O)(=O)c1cc(N=Cc2ccc(OC)c(OC)c2)ccc1N1CCCCC1. The zero-order valence-electron chi connectivity index (χ0n) is 19.4. The molecular formula is C24H33N3O4S. The summed E-state index contributed by atoms with van der Waals surface area (Å²) >= 11 is 0. The van der Waals surface area contributed by atoms with Crippen molar-refractivity contribution in [2.75, 3.05) is 45.3 Å². The van der Waals surface area contributed by atoms with Crippen molar-refractivity contribution in [2.24, 2.45) is 4.99 Å². The minimum Gasteiger partial charge on any atom is -0.493 e. The molecule has 1 aliphatic heterocycles. The molecule has 0 unspecified atom stereocenters. The Kier molecular flexibility index (Phi) is 8.15. The molecule has 0 atom stereocenters. The van der Waals surface area contributed by atoms with Gasteiger partial charge in [-0.2, -0.15) is 4.31 Å². The van der Waals surface area contributed by atoms with E-state index in [1.165, 1.54) is 10.7 Å². The van der Waals surface area contributed by atoms with Crippen molar-refractivity contribution in [3.63, 3.8) is 0 Å². The highest BCUT2D eigenvalue weighted by Crippen LogP contribution is 2.33. The lowest BCUT2D eigenvalue weighted by molar-refractivity contribution is 0.355. The Bertz CT molecular complexity index is 1040. The summed E-state index contributed by atoms with van der Waals surface area (Å²) in [5.74, 6) is 1.25. The normalized spacial score (nSPS) is 14.8. The molecule has 2 aromatic rings. The van der Waals surface area contributed by atoms with Gasteiger partial charge in [0.1, 0.15) is 4.90 Å². The minimum absolute atomic E-state index is 0.324. The number of hydrogen-bond acceptors (Lipinski definition) is 6. The van der Waals surface area contributed by atoms with E-state index in [2.05, 4.69) is 9.89 Å². The third kappa shape index (κ3) is 5.24. The second-order valence-corrected chi connectivity index (χ2v) is 9.57.